The van der Waals surface area contributed by atoms with Gasteiger partial charge in [-0.2, -0.15) is 5.26 Å². The van der Waals surface area contributed by atoms with E-state index in [4.69, 9.17) is 4.74 Å². The molecule has 0 amide bonds. The van der Waals surface area contributed by atoms with Gasteiger partial charge >= 0.3 is 0 Å². The maximum Gasteiger partial charge on any atom is 0.208 e. The van der Waals surface area contributed by atoms with Gasteiger partial charge in [0.1, 0.15) is 5.51 Å². The summed E-state index contributed by atoms with van der Waals surface area (Å²) in [6.07, 6.45) is 2.28. The molecular weight excluding hydrogens is 334 g/mol. The van der Waals surface area contributed by atoms with Gasteiger partial charge in [0.05, 0.1) is 24.8 Å². The fourth-order valence-electron chi connectivity index (χ4n) is 3.91. The molecule has 4 rings (SSSR count). The Labute approximate surface area is 151 Å². The van der Waals surface area contributed by atoms with Crippen LogP contribution in [-0.4, -0.2) is 49.6 Å². The number of hydrogen-bond acceptors (Lipinski definition) is 7. The molecule has 1 unspecified atom stereocenters. The molecular formula is C18H21N5OS. The van der Waals surface area contributed by atoms with Gasteiger partial charge in [0.25, 0.3) is 0 Å². The Bertz CT molecular complexity index is 759. The molecule has 2 aliphatic rings. The normalized spacial score (nSPS) is 24.1. The van der Waals surface area contributed by atoms with Crippen LogP contribution in [0.1, 0.15) is 18.4 Å². The smallest absolute Gasteiger partial charge is 0.208 e. The Kier molecular flexibility index (Phi) is 4.55. The van der Waals surface area contributed by atoms with Crippen LogP contribution in [0.3, 0.4) is 0 Å². The van der Waals surface area contributed by atoms with Crippen LogP contribution in [0, 0.1) is 16.7 Å². The molecule has 0 saturated carbocycles. The Morgan fingerprint density at radius 1 is 1.24 bits per heavy atom. The molecule has 0 aliphatic carbocycles. The first-order chi connectivity index (χ1) is 12.3. The highest BCUT2D eigenvalue weighted by Crippen LogP contribution is 2.36. The number of benzene rings is 1. The molecule has 2 saturated heterocycles. The molecule has 0 bridgehead atoms. The Morgan fingerprint density at radius 3 is 3.00 bits per heavy atom. The Balaban J connectivity index is 1.57. The summed E-state index contributed by atoms with van der Waals surface area (Å²) in [7, 11) is 0. The Morgan fingerprint density at radius 2 is 2.16 bits per heavy atom. The van der Waals surface area contributed by atoms with Crippen LogP contribution in [-0.2, 0) is 4.74 Å². The molecule has 1 aromatic carbocycles. The molecule has 2 fully saturated rings. The van der Waals surface area contributed by atoms with Crippen LogP contribution in [0.5, 0.6) is 0 Å². The molecule has 1 atom stereocenters. The first kappa shape index (κ1) is 16.3. The van der Waals surface area contributed by atoms with Gasteiger partial charge in [-0.15, -0.1) is 10.2 Å². The van der Waals surface area contributed by atoms with Crippen LogP contribution >= 0.6 is 11.3 Å². The average molecular weight is 355 g/mol. The van der Waals surface area contributed by atoms with Crippen molar-refractivity contribution < 1.29 is 4.74 Å². The third-order valence-corrected chi connectivity index (χ3v) is 5.81. The average Bonchev–Trinajstić information content (AvgIpc) is 3.12. The van der Waals surface area contributed by atoms with Crippen LogP contribution in [0.2, 0.25) is 0 Å². The molecule has 0 radical (unpaired) electrons. The largest absolute Gasteiger partial charge is 0.379 e. The Hall–Kier alpha value is -2.17. The van der Waals surface area contributed by atoms with E-state index in [0.29, 0.717) is 5.56 Å². The van der Waals surface area contributed by atoms with Gasteiger partial charge < -0.3 is 14.5 Å². The van der Waals surface area contributed by atoms with Crippen molar-refractivity contribution in [2.75, 3.05) is 49.2 Å². The minimum Gasteiger partial charge on any atom is -0.379 e. The topological polar surface area (TPSA) is 65.3 Å². The van der Waals surface area contributed by atoms with Crippen molar-refractivity contribution in [1.82, 2.24) is 10.2 Å². The standard InChI is InChI=1S/C18H21N5OS/c19-10-15-3-1-4-16(9-15)22-7-8-24-13-18(11-22)5-2-6-23(12-18)17-21-20-14-25-17/h1,3-4,9,14H,2,5-8,11-13H2. The summed E-state index contributed by atoms with van der Waals surface area (Å²) in [6, 6.07) is 10.1. The van der Waals surface area contributed by atoms with E-state index in [1.54, 1.807) is 16.8 Å². The van der Waals surface area contributed by atoms with Crippen molar-refractivity contribution in [2.24, 2.45) is 5.41 Å². The van der Waals surface area contributed by atoms with Gasteiger partial charge in [0.2, 0.25) is 5.13 Å². The fourth-order valence-corrected chi connectivity index (χ4v) is 4.50. The van der Waals surface area contributed by atoms with E-state index in [9.17, 15) is 5.26 Å². The lowest BCUT2D eigenvalue weighted by atomic mass is 9.80. The fraction of sp³-hybridized carbons (Fsp3) is 0.500. The molecule has 130 valence electrons. The van der Waals surface area contributed by atoms with Crippen molar-refractivity contribution in [2.45, 2.75) is 12.8 Å². The van der Waals surface area contributed by atoms with Gasteiger partial charge in [-0.1, -0.05) is 17.4 Å². The van der Waals surface area contributed by atoms with E-state index < -0.39 is 0 Å². The van der Waals surface area contributed by atoms with Crippen molar-refractivity contribution in [3.8, 4) is 6.07 Å². The predicted molar refractivity (Wildman–Crippen MR) is 98.0 cm³/mol. The van der Waals surface area contributed by atoms with E-state index >= 15 is 0 Å². The quantitative estimate of drug-likeness (QED) is 0.825. The summed E-state index contributed by atoms with van der Waals surface area (Å²) in [5, 5.41) is 18.4. The molecule has 7 heteroatoms. The number of piperidine rings is 1. The highest BCUT2D eigenvalue weighted by molar-refractivity contribution is 7.13. The van der Waals surface area contributed by atoms with E-state index in [1.165, 1.54) is 0 Å². The lowest BCUT2D eigenvalue weighted by Gasteiger charge is -2.43. The van der Waals surface area contributed by atoms with Crippen molar-refractivity contribution in [3.05, 3.63) is 35.3 Å². The van der Waals surface area contributed by atoms with E-state index in [-0.39, 0.29) is 5.41 Å². The van der Waals surface area contributed by atoms with Crippen LogP contribution in [0.15, 0.2) is 29.8 Å². The summed E-state index contributed by atoms with van der Waals surface area (Å²) >= 11 is 1.60. The van der Waals surface area contributed by atoms with Crippen molar-refractivity contribution in [3.63, 3.8) is 0 Å². The van der Waals surface area contributed by atoms with Crippen molar-refractivity contribution in [1.29, 1.82) is 5.26 Å². The third kappa shape index (κ3) is 3.46. The van der Waals surface area contributed by atoms with Crippen LogP contribution in [0.4, 0.5) is 10.8 Å². The number of ether oxygens (including phenoxy) is 1. The second-order valence-corrected chi connectivity index (χ2v) is 7.69. The van der Waals surface area contributed by atoms with Crippen molar-refractivity contribution >= 4 is 22.2 Å². The minimum absolute atomic E-state index is 0.0864. The van der Waals surface area contributed by atoms with E-state index in [1.807, 2.05) is 18.2 Å². The third-order valence-electron chi connectivity index (χ3n) is 5.06. The predicted octanol–water partition coefficient (Wildman–Crippen LogP) is 2.53. The lowest BCUT2D eigenvalue weighted by molar-refractivity contribution is 0.0598. The number of nitrogens with zero attached hydrogens (tertiary/aromatic N) is 5. The summed E-state index contributed by atoms with van der Waals surface area (Å²) in [6.45, 7) is 5.26. The maximum absolute atomic E-state index is 9.19. The summed E-state index contributed by atoms with van der Waals surface area (Å²) in [4.78, 5) is 4.72. The molecule has 2 aromatic rings. The number of hydrogen-bond donors (Lipinski definition) is 0. The monoisotopic (exact) mass is 355 g/mol. The number of rotatable bonds is 2. The zero-order valence-electron chi connectivity index (χ0n) is 14.1. The zero-order valence-corrected chi connectivity index (χ0v) is 14.9. The van der Waals surface area contributed by atoms with Gasteiger partial charge in [-0.3, -0.25) is 0 Å². The van der Waals surface area contributed by atoms with Crippen LogP contribution < -0.4 is 9.80 Å². The number of nitriles is 1. The summed E-state index contributed by atoms with van der Waals surface area (Å²) in [5.41, 5.74) is 3.69. The molecule has 6 nitrogen and oxygen atoms in total. The first-order valence-electron chi connectivity index (χ1n) is 8.62. The molecule has 1 aromatic heterocycles. The van der Waals surface area contributed by atoms with E-state index in [2.05, 4.69) is 32.1 Å². The van der Waals surface area contributed by atoms with Gasteiger partial charge in [-0.05, 0) is 31.0 Å². The molecule has 0 N–H and O–H groups in total. The highest BCUT2D eigenvalue weighted by Gasteiger charge is 2.39. The number of anilines is 2. The van der Waals surface area contributed by atoms with Crippen LogP contribution in [0.25, 0.3) is 0 Å². The minimum atomic E-state index is 0.0864. The van der Waals surface area contributed by atoms with E-state index in [0.717, 1.165) is 63.1 Å². The second-order valence-electron chi connectivity index (χ2n) is 6.88. The second kappa shape index (κ2) is 6.98. The highest BCUT2D eigenvalue weighted by atomic mass is 32.1. The maximum atomic E-state index is 9.19. The molecule has 25 heavy (non-hydrogen) atoms. The lowest BCUT2D eigenvalue weighted by Crippen LogP contribution is -2.50. The van der Waals surface area contributed by atoms with Gasteiger partial charge in [0, 0.05) is 37.3 Å². The SMILES string of the molecule is N#Cc1cccc(N2CCOCC3(CCCN(c4nncs4)C3)C2)c1. The molecule has 3 heterocycles. The van der Waals surface area contributed by atoms with Gasteiger partial charge in [0.15, 0.2) is 0 Å². The molecule has 1 spiro atoms. The molecule has 2 aliphatic heterocycles. The number of aromatic nitrogens is 2. The summed E-state index contributed by atoms with van der Waals surface area (Å²) < 4.78 is 6.00. The zero-order chi connectivity index (χ0) is 17.1. The summed E-state index contributed by atoms with van der Waals surface area (Å²) in [5.74, 6) is 0. The first-order valence-corrected chi connectivity index (χ1v) is 9.50. The van der Waals surface area contributed by atoms with Gasteiger partial charge in [-0.25, -0.2) is 0 Å².